The van der Waals surface area contributed by atoms with E-state index in [9.17, 15) is 8.42 Å². The van der Waals surface area contributed by atoms with Gasteiger partial charge in [-0.05, 0) is 24.2 Å². The molecule has 88 valence electrons. The van der Waals surface area contributed by atoms with Crippen LogP contribution in [0.4, 0.5) is 0 Å². The molecule has 2 atom stereocenters. The Bertz CT molecular complexity index is 345. The van der Waals surface area contributed by atoms with Gasteiger partial charge in [-0.25, -0.2) is 4.72 Å². The van der Waals surface area contributed by atoms with Crippen molar-refractivity contribution in [2.45, 2.75) is 39.7 Å². The maximum absolute atomic E-state index is 11.6. The summed E-state index contributed by atoms with van der Waals surface area (Å²) in [7, 11) is -3.13. The molecule has 2 fully saturated rings. The van der Waals surface area contributed by atoms with Crippen molar-refractivity contribution in [2.75, 3.05) is 13.1 Å². The van der Waals surface area contributed by atoms with Gasteiger partial charge in [0.15, 0.2) is 0 Å². The van der Waals surface area contributed by atoms with Gasteiger partial charge in [0, 0.05) is 19.1 Å². The highest BCUT2D eigenvalue weighted by atomic mass is 32.2. The lowest BCUT2D eigenvalue weighted by molar-refractivity contribution is 0.124. The molecule has 0 aliphatic carbocycles. The number of nitrogens with zero attached hydrogens (tertiary/aromatic N) is 1. The first-order valence-electron chi connectivity index (χ1n) is 5.57. The Morgan fingerprint density at radius 3 is 2.60 bits per heavy atom. The molecular formula is C10H20N2O2S. The van der Waals surface area contributed by atoms with E-state index in [4.69, 9.17) is 0 Å². The van der Waals surface area contributed by atoms with Crippen LogP contribution in [-0.2, 0) is 10.2 Å². The van der Waals surface area contributed by atoms with Crippen LogP contribution in [0.15, 0.2) is 0 Å². The summed E-state index contributed by atoms with van der Waals surface area (Å²) in [6.45, 7) is 8.00. The Hall–Kier alpha value is -0.130. The normalized spacial score (nSPS) is 36.5. The van der Waals surface area contributed by atoms with Gasteiger partial charge in [-0.3, -0.25) is 0 Å². The van der Waals surface area contributed by atoms with Gasteiger partial charge in [0.25, 0.3) is 10.2 Å². The number of rotatable bonds is 0. The van der Waals surface area contributed by atoms with E-state index >= 15 is 0 Å². The molecule has 0 aromatic heterocycles. The third kappa shape index (κ3) is 2.05. The highest BCUT2D eigenvalue weighted by Gasteiger charge is 2.43. The quantitative estimate of drug-likeness (QED) is 0.676. The zero-order valence-electron chi connectivity index (χ0n) is 9.66. The fraction of sp³-hybridized carbons (Fsp3) is 1.00. The second-order valence-electron chi connectivity index (χ2n) is 5.71. The molecule has 0 radical (unpaired) electrons. The molecule has 2 rings (SSSR count). The van der Waals surface area contributed by atoms with E-state index in [0.717, 1.165) is 12.8 Å². The van der Waals surface area contributed by atoms with Crippen LogP contribution in [0.2, 0.25) is 0 Å². The van der Waals surface area contributed by atoms with Crippen molar-refractivity contribution in [3.63, 3.8) is 0 Å². The molecule has 0 saturated carbocycles. The SMILES string of the molecule is CC(C)(C)C1CCN2C(CNS2(=O)=O)C1. The Kier molecular flexibility index (Phi) is 2.60. The van der Waals surface area contributed by atoms with Crippen LogP contribution < -0.4 is 4.72 Å². The third-order valence-electron chi connectivity index (χ3n) is 3.70. The summed E-state index contributed by atoms with van der Waals surface area (Å²) in [5, 5.41) is 0. The number of fused-ring (bicyclic) bond motifs is 1. The Balaban J connectivity index is 2.11. The van der Waals surface area contributed by atoms with Gasteiger partial charge in [0.1, 0.15) is 0 Å². The molecule has 2 heterocycles. The summed E-state index contributed by atoms with van der Waals surface area (Å²) in [6, 6.07) is 0.188. The summed E-state index contributed by atoms with van der Waals surface area (Å²) in [5.74, 6) is 0.633. The zero-order chi connectivity index (χ0) is 11.3. The van der Waals surface area contributed by atoms with E-state index in [1.807, 2.05) is 0 Å². The van der Waals surface area contributed by atoms with Crippen LogP contribution in [0.3, 0.4) is 0 Å². The van der Waals surface area contributed by atoms with E-state index in [-0.39, 0.29) is 6.04 Å². The molecule has 0 aromatic rings. The lowest BCUT2D eigenvalue weighted by Gasteiger charge is -2.39. The van der Waals surface area contributed by atoms with Crippen molar-refractivity contribution in [3.8, 4) is 0 Å². The van der Waals surface area contributed by atoms with E-state index in [0.29, 0.717) is 24.4 Å². The maximum atomic E-state index is 11.6. The summed E-state index contributed by atoms with van der Waals surface area (Å²) in [5.41, 5.74) is 0.290. The Labute approximate surface area is 92.2 Å². The second kappa shape index (κ2) is 3.43. The van der Waals surface area contributed by atoms with Crippen molar-refractivity contribution in [2.24, 2.45) is 11.3 Å². The lowest BCUT2D eigenvalue weighted by atomic mass is 9.74. The monoisotopic (exact) mass is 232 g/mol. The summed E-state index contributed by atoms with van der Waals surface area (Å²) in [4.78, 5) is 0. The van der Waals surface area contributed by atoms with Gasteiger partial charge in [0.05, 0.1) is 0 Å². The fourth-order valence-corrected chi connectivity index (χ4v) is 4.07. The summed E-state index contributed by atoms with van der Waals surface area (Å²) in [6.07, 6.45) is 1.98. The minimum absolute atomic E-state index is 0.188. The largest absolute Gasteiger partial charge is 0.279 e. The lowest BCUT2D eigenvalue weighted by Crippen LogP contribution is -2.44. The van der Waals surface area contributed by atoms with E-state index < -0.39 is 10.2 Å². The van der Waals surface area contributed by atoms with Crippen molar-refractivity contribution in [3.05, 3.63) is 0 Å². The highest BCUT2D eigenvalue weighted by molar-refractivity contribution is 7.87. The number of hydrogen-bond donors (Lipinski definition) is 1. The minimum Gasteiger partial charge on any atom is -0.200 e. The predicted octanol–water partition coefficient (Wildman–Crippen LogP) is 0.961. The minimum atomic E-state index is -3.13. The first-order chi connectivity index (χ1) is 6.81. The van der Waals surface area contributed by atoms with Crippen LogP contribution in [0.1, 0.15) is 33.6 Å². The van der Waals surface area contributed by atoms with Crippen LogP contribution in [0.25, 0.3) is 0 Å². The van der Waals surface area contributed by atoms with Crippen molar-refractivity contribution >= 4 is 10.2 Å². The van der Waals surface area contributed by atoms with Gasteiger partial charge in [-0.15, -0.1) is 0 Å². The first kappa shape index (κ1) is 11.4. The molecule has 0 bridgehead atoms. The Morgan fingerprint density at radius 2 is 2.00 bits per heavy atom. The molecule has 2 aliphatic rings. The van der Waals surface area contributed by atoms with Crippen molar-refractivity contribution < 1.29 is 8.42 Å². The fourth-order valence-electron chi connectivity index (χ4n) is 2.60. The van der Waals surface area contributed by atoms with Gasteiger partial charge in [-0.1, -0.05) is 20.8 Å². The average molecular weight is 232 g/mol. The predicted molar refractivity (Wildman–Crippen MR) is 59.6 cm³/mol. The molecular weight excluding hydrogens is 212 g/mol. The summed E-state index contributed by atoms with van der Waals surface area (Å²) < 4.78 is 27.4. The number of piperidine rings is 1. The van der Waals surface area contributed by atoms with Crippen LogP contribution in [-0.4, -0.2) is 31.9 Å². The zero-order valence-corrected chi connectivity index (χ0v) is 10.5. The van der Waals surface area contributed by atoms with Gasteiger partial charge in [0.2, 0.25) is 0 Å². The average Bonchev–Trinajstić information content (AvgIpc) is 2.41. The maximum Gasteiger partial charge on any atom is 0.279 e. The van der Waals surface area contributed by atoms with Crippen molar-refractivity contribution in [1.29, 1.82) is 0 Å². The van der Waals surface area contributed by atoms with Gasteiger partial charge in [-0.2, -0.15) is 12.7 Å². The van der Waals surface area contributed by atoms with Crippen LogP contribution in [0, 0.1) is 11.3 Å². The first-order valence-corrected chi connectivity index (χ1v) is 7.01. The highest BCUT2D eigenvalue weighted by Crippen LogP contribution is 2.38. The molecule has 0 amide bonds. The molecule has 5 heteroatoms. The molecule has 0 aromatic carbocycles. The van der Waals surface area contributed by atoms with Crippen molar-refractivity contribution in [1.82, 2.24) is 9.03 Å². The summed E-state index contributed by atoms with van der Waals surface area (Å²) >= 11 is 0. The number of hydrogen-bond acceptors (Lipinski definition) is 2. The van der Waals surface area contributed by atoms with Crippen LogP contribution in [0.5, 0.6) is 0 Å². The number of nitrogens with one attached hydrogen (secondary N) is 1. The van der Waals surface area contributed by atoms with E-state index in [2.05, 4.69) is 25.5 Å². The molecule has 0 spiro atoms. The molecule has 15 heavy (non-hydrogen) atoms. The topological polar surface area (TPSA) is 49.4 Å². The smallest absolute Gasteiger partial charge is 0.200 e. The molecule has 2 saturated heterocycles. The van der Waals surface area contributed by atoms with Crippen LogP contribution >= 0.6 is 0 Å². The second-order valence-corrected chi connectivity index (χ2v) is 7.41. The molecule has 2 unspecified atom stereocenters. The Morgan fingerprint density at radius 1 is 1.33 bits per heavy atom. The van der Waals surface area contributed by atoms with E-state index in [1.54, 1.807) is 4.31 Å². The molecule has 4 nitrogen and oxygen atoms in total. The van der Waals surface area contributed by atoms with Gasteiger partial charge >= 0.3 is 0 Å². The standard InChI is InChI=1S/C10H20N2O2S/c1-10(2,3)8-4-5-12-9(6-8)7-11-15(12,13)14/h8-9,11H,4-7H2,1-3H3. The van der Waals surface area contributed by atoms with E-state index in [1.165, 1.54) is 0 Å². The molecule has 1 N–H and O–H groups in total. The third-order valence-corrected chi connectivity index (χ3v) is 5.33. The van der Waals surface area contributed by atoms with Gasteiger partial charge < -0.3 is 0 Å². The molecule has 2 aliphatic heterocycles.